The Balaban J connectivity index is 1.64. The molecule has 182 valence electrons. The molecule has 6 nitrogen and oxygen atoms in total. The maximum atomic E-state index is 13.3. The lowest BCUT2D eigenvalue weighted by Gasteiger charge is -2.30. The van der Waals surface area contributed by atoms with E-state index < -0.39 is 17.6 Å². The first-order chi connectivity index (χ1) is 16.7. The Hall–Kier alpha value is -3.42. The first-order valence-corrected chi connectivity index (χ1v) is 11.6. The highest BCUT2D eigenvalue weighted by Crippen LogP contribution is 2.30. The van der Waals surface area contributed by atoms with E-state index in [2.05, 4.69) is 10.4 Å². The molecule has 0 aliphatic heterocycles. The van der Waals surface area contributed by atoms with Crippen LogP contribution in [0.4, 0.5) is 4.39 Å². The number of rotatable bonds is 8. The van der Waals surface area contributed by atoms with Gasteiger partial charge in [-0.3, -0.25) is 4.79 Å². The van der Waals surface area contributed by atoms with Gasteiger partial charge < -0.3 is 15.2 Å². The smallest absolute Gasteiger partial charge is 0.228 e. The van der Waals surface area contributed by atoms with Crippen molar-refractivity contribution in [3.8, 4) is 11.4 Å². The van der Waals surface area contributed by atoms with Crippen molar-refractivity contribution in [1.29, 1.82) is 0 Å². The van der Waals surface area contributed by atoms with Crippen LogP contribution in [0.1, 0.15) is 32.4 Å². The molecule has 4 aromatic rings. The second kappa shape index (κ2) is 10.1. The maximum absolute atomic E-state index is 13.3. The van der Waals surface area contributed by atoms with Crippen LogP contribution in [0.5, 0.6) is 5.75 Å². The molecule has 2 atom stereocenters. The van der Waals surface area contributed by atoms with Crippen LogP contribution in [-0.2, 0) is 4.79 Å². The third kappa shape index (κ3) is 5.47. The second-order valence-electron chi connectivity index (χ2n) is 9.15. The van der Waals surface area contributed by atoms with Crippen molar-refractivity contribution >= 4 is 28.4 Å². The van der Waals surface area contributed by atoms with Gasteiger partial charge in [0.1, 0.15) is 17.7 Å². The Kier molecular flexibility index (Phi) is 7.10. The molecule has 0 bridgehead atoms. The Bertz CT molecular complexity index is 1340. The topological polar surface area (TPSA) is 76.4 Å². The molecule has 0 fully saturated rings. The molecule has 1 heterocycles. The molecule has 1 aromatic heterocycles. The summed E-state index contributed by atoms with van der Waals surface area (Å²) in [5.41, 5.74) is 1.46. The summed E-state index contributed by atoms with van der Waals surface area (Å²) < 4.78 is 21.4. The number of hydrogen-bond acceptors (Lipinski definition) is 4. The van der Waals surface area contributed by atoms with Crippen molar-refractivity contribution in [3.05, 3.63) is 89.3 Å². The number of amides is 1. The van der Waals surface area contributed by atoms with Crippen molar-refractivity contribution in [1.82, 2.24) is 15.1 Å². The first kappa shape index (κ1) is 24.7. The van der Waals surface area contributed by atoms with Crippen molar-refractivity contribution < 1.29 is 19.0 Å². The number of aliphatic hydroxyl groups is 1. The molecule has 4 rings (SSSR count). The van der Waals surface area contributed by atoms with Gasteiger partial charge in [0, 0.05) is 10.4 Å². The predicted octanol–water partition coefficient (Wildman–Crippen LogP) is 5.46. The SMILES string of the molecule is C[C@H](NC(=O)C(C)(C)CO)[C@@H](Oc1ccc2c(cnn2-c2ccc(F)cc2)c1)c1cccc(Cl)c1. The van der Waals surface area contributed by atoms with E-state index in [1.54, 1.807) is 49.0 Å². The minimum Gasteiger partial charge on any atom is -0.484 e. The van der Waals surface area contributed by atoms with E-state index >= 15 is 0 Å². The van der Waals surface area contributed by atoms with E-state index in [0.29, 0.717) is 10.8 Å². The summed E-state index contributed by atoms with van der Waals surface area (Å²) in [4.78, 5) is 12.7. The van der Waals surface area contributed by atoms with E-state index in [4.69, 9.17) is 16.3 Å². The molecule has 0 saturated heterocycles. The number of aliphatic hydroxyl groups excluding tert-OH is 1. The Morgan fingerprint density at radius 2 is 1.91 bits per heavy atom. The summed E-state index contributed by atoms with van der Waals surface area (Å²) in [5.74, 6) is -0.000606. The lowest BCUT2D eigenvalue weighted by molar-refractivity contribution is -0.132. The van der Waals surface area contributed by atoms with Gasteiger partial charge in [0.05, 0.1) is 35.5 Å². The van der Waals surface area contributed by atoms with E-state index in [1.807, 2.05) is 37.3 Å². The van der Waals surface area contributed by atoms with Crippen LogP contribution in [0.2, 0.25) is 5.02 Å². The van der Waals surface area contributed by atoms with Crippen LogP contribution in [0.15, 0.2) is 72.9 Å². The minimum absolute atomic E-state index is 0.275. The number of nitrogens with zero attached hydrogens (tertiary/aromatic N) is 2. The van der Waals surface area contributed by atoms with Crippen LogP contribution in [0.25, 0.3) is 16.6 Å². The Labute approximate surface area is 208 Å². The highest BCUT2D eigenvalue weighted by atomic mass is 35.5. The van der Waals surface area contributed by atoms with Crippen molar-refractivity contribution in [2.24, 2.45) is 5.41 Å². The van der Waals surface area contributed by atoms with Crippen LogP contribution < -0.4 is 10.1 Å². The lowest BCUT2D eigenvalue weighted by Crippen LogP contribution is -2.46. The Morgan fingerprint density at radius 1 is 1.17 bits per heavy atom. The number of benzene rings is 3. The van der Waals surface area contributed by atoms with Crippen molar-refractivity contribution in [3.63, 3.8) is 0 Å². The monoisotopic (exact) mass is 495 g/mol. The highest BCUT2D eigenvalue weighted by Gasteiger charge is 2.31. The molecular formula is C27H27ClFN3O3. The highest BCUT2D eigenvalue weighted by molar-refractivity contribution is 6.30. The number of ether oxygens (including phenoxy) is 1. The molecule has 0 unspecified atom stereocenters. The van der Waals surface area contributed by atoms with Gasteiger partial charge in [0.2, 0.25) is 5.91 Å². The number of hydrogen-bond donors (Lipinski definition) is 2. The molecule has 1 amide bonds. The fourth-order valence-electron chi connectivity index (χ4n) is 3.71. The van der Waals surface area contributed by atoms with Gasteiger partial charge in [0.15, 0.2) is 0 Å². The van der Waals surface area contributed by atoms with Crippen LogP contribution in [-0.4, -0.2) is 33.4 Å². The second-order valence-corrected chi connectivity index (χ2v) is 9.59. The van der Waals surface area contributed by atoms with Crippen LogP contribution in [0.3, 0.4) is 0 Å². The minimum atomic E-state index is -0.930. The van der Waals surface area contributed by atoms with E-state index in [0.717, 1.165) is 22.2 Å². The largest absolute Gasteiger partial charge is 0.484 e. The zero-order valence-electron chi connectivity index (χ0n) is 19.7. The number of carbonyl (C=O) groups is 1. The summed E-state index contributed by atoms with van der Waals surface area (Å²) >= 11 is 6.24. The third-order valence-corrected chi connectivity index (χ3v) is 6.11. The molecule has 0 radical (unpaired) electrons. The van der Waals surface area contributed by atoms with Gasteiger partial charge in [-0.2, -0.15) is 5.10 Å². The molecule has 3 aromatic carbocycles. The number of aromatic nitrogens is 2. The van der Waals surface area contributed by atoms with Gasteiger partial charge in [-0.15, -0.1) is 0 Å². The van der Waals surface area contributed by atoms with E-state index in [1.165, 1.54) is 12.1 Å². The van der Waals surface area contributed by atoms with Gasteiger partial charge in [-0.05, 0) is 80.9 Å². The van der Waals surface area contributed by atoms with E-state index in [9.17, 15) is 14.3 Å². The Morgan fingerprint density at radius 3 is 2.60 bits per heavy atom. The van der Waals surface area contributed by atoms with Gasteiger partial charge in [-0.1, -0.05) is 23.7 Å². The molecule has 0 aliphatic carbocycles. The number of fused-ring (bicyclic) bond motifs is 1. The zero-order valence-corrected chi connectivity index (χ0v) is 20.5. The molecule has 35 heavy (non-hydrogen) atoms. The van der Waals surface area contributed by atoms with Gasteiger partial charge >= 0.3 is 0 Å². The summed E-state index contributed by atoms with van der Waals surface area (Å²) in [6.07, 6.45) is 1.17. The number of halogens is 2. The predicted molar refractivity (Wildman–Crippen MR) is 134 cm³/mol. The normalized spacial score (nSPS) is 13.4. The third-order valence-electron chi connectivity index (χ3n) is 5.87. The number of carbonyl (C=O) groups excluding carboxylic acids is 1. The van der Waals surface area contributed by atoms with Gasteiger partial charge in [0.25, 0.3) is 0 Å². The maximum Gasteiger partial charge on any atom is 0.228 e. The van der Waals surface area contributed by atoms with Gasteiger partial charge in [-0.25, -0.2) is 9.07 Å². The average molecular weight is 496 g/mol. The summed E-state index contributed by atoms with van der Waals surface area (Å²) in [6.45, 7) is 4.93. The molecule has 0 spiro atoms. The standard InChI is InChI=1S/C27H27ClFN3O3/c1-17(31-26(34)27(2,3)16-33)25(18-5-4-6-20(28)13-18)35-23-11-12-24-19(14-23)15-30-32(24)22-9-7-21(29)8-10-22/h4-15,17,25,33H,16H2,1-3H3,(H,31,34)/t17-,25+/m0/s1. The van der Waals surface area contributed by atoms with Crippen LogP contribution in [0, 0.1) is 11.2 Å². The van der Waals surface area contributed by atoms with E-state index in [-0.39, 0.29) is 18.3 Å². The van der Waals surface area contributed by atoms with Crippen molar-refractivity contribution in [2.45, 2.75) is 32.9 Å². The fraction of sp³-hybridized carbons (Fsp3) is 0.259. The summed E-state index contributed by atoms with van der Waals surface area (Å²) in [5, 5.41) is 18.4. The molecule has 0 saturated carbocycles. The average Bonchev–Trinajstić information content (AvgIpc) is 3.26. The molecule has 2 N–H and O–H groups in total. The van der Waals surface area contributed by atoms with Crippen molar-refractivity contribution in [2.75, 3.05) is 6.61 Å². The molecule has 0 aliphatic rings. The first-order valence-electron chi connectivity index (χ1n) is 11.3. The van der Waals surface area contributed by atoms with Crippen LogP contribution >= 0.6 is 11.6 Å². The number of nitrogens with one attached hydrogen (secondary N) is 1. The molecular weight excluding hydrogens is 469 g/mol. The summed E-state index contributed by atoms with van der Waals surface area (Å²) in [6, 6.07) is 18.6. The quantitative estimate of drug-likeness (QED) is 0.340. The zero-order chi connectivity index (χ0) is 25.2. The lowest BCUT2D eigenvalue weighted by atomic mass is 9.92. The summed E-state index contributed by atoms with van der Waals surface area (Å²) in [7, 11) is 0. The fourth-order valence-corrected chi connectivity index (χ4v) is 3.91. The molecule has 8 heteroatoms.